The Morgan fingerprint density at radius 1 is 1.14 bits per heavy atom. The fraction of sp³-hybridized carbons (Fsp3) is 0.200. The number of imide groups is 1. The molecule has 1 unspecified atom stereocenters. The van der Waals surface area contributed by atoms with Crippen LogP contribution in [0.5, 0.6) is 0 Å². The minimum Gasteiger partial charge on any atom is -0.449 e. The highest BCUT2D eigenvalue weighted by atomic mass is 16.5. The predicted molar refractivity (Wildman–Crippen MR) is 102 cm³/mol. The number of hydrogen-bond donors (Lipinski definition) is 2. The number of rotatable bonds is 5. The van der Waals surface area contributed by atoms with Crippen LogP contribution in [0.2, 0.25) is 0 Å². The number of nitrogens with zero attached hydrogens (tertiary/aromatic N) is 1. The number of urea groups is 1. The van der Waals surface area contributed by atoms with E-state index in [2.05, 4.69) is 15.8 Å². The highest BCUT2D eigenvalue weighted by Crippen LogP contribution is 2.29. The van der Waals surface area contributed by atoms with Gasteiger partial charge in [-0.1, -0.05) is 35.5 Å². The molecule has 8 heteroatoms. The van der Waals surface area contributed by atoms with Crippen molar-refractivity contribution in [2.75, 3.05) is 6.54 Å². The van der Waals surface area contributed by atoms with Crippen molar-refractivity contribution in [1.29, 1.82) is 0 Å². The Bertz CT molecular complexity index is 1010. The zero-order valence-corrected chi connectivity index (χ0v) is 15.4. The molecule has 0 spiro atoms. The lowest BCUT2D eigenvalue weighted by atomic mass is 10.1. The normalized spacial score (nSPS) is 11.6. The van der Waals surface area contributed by atoms with Crippen molar-refractivity contribution < 1.29 is 23.6 Å². The average Bonchev–Trinajstić information content (AvgIpc) is 3.11. The van der Waals surface area contributed by atoms with Gasteiger partial charge in [0.1, 0.15) is 5.52 Å². The molecule has 2 aromatic carbocycles. The summed E-state index contributed by atoms with van der Waals surface area (Å²) in [6.45, 7) is 3.48. The van der Waals surface area contributed by atoms with Gasteiger partial charge in [-0.3, -0.25) is 10.1 Å². The van der Waals surface area contributed by atoms with Crippen LogP contribution in [0.4, 0.5) is 4.79 Å². The summed E-state index contributed by atoms with van der Waals surface area (Å²) in [4.78, 5) is 35.8. The molecule has 0 fully saturated rings. The molecule has 28 heavy (non-hydrogen) atoms. The van der Waals surface area contributed by atoms with Crippen LogP contribution in [0.25, 0.3) is 22.2 Å². The topological polar surface area (TPSA) is 111 Å². The van der Waals surface area contributed by atoms with Crippen LogP contribution in [0.15, 0.2) is 53.1 Å². The van der Waals surface area contributed by atoms with Gasteiger partial charge in [0.2, 0.25) is 0 Å². The quantitative estimate of drug-likeness (QED) is 0.658. The van der Waals surface area contributed by atoms with Crippen LogP contribution in [-0.2, 0) is 9.53 Å². The van der Waals surface area contributed by atoms with Gasteiger partial charge < -0.3 is 14.6 Å². The molecule has 0 bridgehead atoms. The number of carbonyl (C=O) groups is 3. The van der Waals surface area contributed by atoms with Crippen molar-refractivity contribution in [3.05, 3.63) is 54.1 Å². The van der Waals surface area contributed by atoms with Gasteiger partial charge in [-0.15, -0.1) is 0 Å². The molecular formula is C20H19N3O5. The number of ether oxygens (including phenoxy) is 1. The van der Waals surface area contributed by atoms with Crippen LogP contribution in [0, 0.1) is 0 Å². The number of amides is 3. The molecule has 1 atom stereocenters. The third-order valence-electron chi connectivity index (χ3n) is 3.98. The maximum Gasteiger partial charge on any atom is 0.338 e. The molecular weight excluding hydrogens is 362 g/mol. The minimum atomic E-state index is -1.14. The van der Waals surface area contributed by atoms with Crippen LogP contribution in [0.3, 0.4) is 0 Å². The number of carbonyl (C=O) groups excluding carboxylic acids is 3. The SMILES string of the molecule is CCNC(=O)NC(=O)C(C)OC(=O)c1ccc2noc(-c3ccccc3)c2c1. The lowest BCUT2D eigenvalue weighted by molar-refractivity contribution is -0.127. The van der Waals surface area contributed by atoms with E-state index in [0.717, 1.165) is 5.56 Å². The van der Waals surface area contributed by atoms with Gasteiger partial charge in [-0.25, -0.2) is 9.59 Å². The Morgan fingerprint density at radius 2 is 1.89 bits per heavy atom. The van der Waals surface area contributed by atoms with Crippen molar-refractivity contribution in [1.82, 2.24) is 15.8 Å². The van der Waals surface area contributed by atoms with Gasteiger partial charge in [0.25, 0.3) is 5.91 Å². The van der Waals surface area contributed by atoms with Gasteiger partial charge >= 0.3 is 12.0 Å². The molecule has 3 amide bonds. The molecule has 1 aromatic heterocycles. The van der Waals surface area contributed by atoms with E-state index >= 15 is 0 Å². The highest BCUT2D eigenvalue weighted by Gasteiger charge is 2.21. The summed E-state index contributed by atoms with van der Waals surface area (Å²) in [6, 6.07) is 13.5. The summed E-state index contributed by atoms with van der Waals surface area (Å²) in [5, 5.41) is 9.18. The highest BCUT2D eigenvalue weighted by molar-refractivity contribution is 6.01. The number of fused-ring (bicyclic) bond motifs is 1. The monoisotopic (exact) mass is 381 g/mol. The molecule has 0 aliphatic carbocycles. The van der Waals surface area contributed by atoms with Crippen LogP contribution in [0.1, 0.15) is 24.2 Å². The van der Waals surface area contributed by atoms with Gasteiger partial charge in [-0.05, 0) is 32.0 Å². The lowest BCUT2D eigenvalue weighted by Gasteiger charge is -2.13. The third kappa shape index (κ3) is 4.17. The molecule has 0 saturated heterocycles. The maximum atomic E-state index is 12.4. The molecule has 8 nitrogen and oxygen atoms in total. The number of benzene rings is 2. The summed E-state index contributed by atoms with van der Waals surface area (Å²) in [6.07, 6.45) is -1.14. The number of aromatic nitrogens is 1. The van der Waals surface area contributed by atoms with Gasteiger partial charge in [0.05, 0.1) is 10.9 Å². The fourth-order valence-electron chi connectivity index (χ4n) is 2.57. The smallest absolute Gasteiger partial charge is 0.338 e. The standard InChI is InChI=1S/C20H19N3O5/c1-3-21-20(26)22-18(24)12(2)27-19(25)14-9-10-16-15(11-14)17(28-23-16)13-7-5-4-6-8-13/h4-12H,3H2,1-2H3,(H2,21,22,24,26). The Balaban J connectivity index is 1.77. The Kier molecular flexibility index (Phi) is 5.69. The predicted octanol–water partition coefficient (Wildman–Crippen LogP) is 2.89. The summed E-state index contributed by atoms with van der Waals surface area (Å²) in [5.41, 5.74) is 1.66. The number of esters is 1. The summed E-state index contributed by atoms with van der Waals surface area (Å²) >= 11 is 0. The molecule has 144 valence electrons. The number of hydrogen-bond acceptors (Lipinski definition) is 6. The van der Waals surface area contributed by atoms with Crippen LogP contribution in [-0.4, -0.2) is 35.7 Å². The summed E-state index contributed by atoms with van der Waals surface area (Å²) < 4.78 is 10.6. The van der Waals surface area contributed by atoms with E-state index in [4.69, 9.17) is 9.26 Å². The van der Waals surface area contributed by atoms with E-state index in [1.54, 1.807) is 19.1 Å². The van der Waals surface area contributed by atoms with Gasteiger partial charge in [0.15, 0.2) is 11.9 Å². The van der Waals surface area contributed by atoms with Crippen molar-refractivity contribution in [3.63, 3.8) is 0 Å². The van der Waals surface area contributed by atoms with E-state index in [1.807, 2.05) is 30.3 Å². The molecule has 2 N–H and O–H groups in total. The van der Waals surface area contributed by atoms with E-state index < -0.39 is 24.0 Å². The van der Waals surface area contributed by atoms with Gasteiger partial charge in [-0.2, -0.15) is 0 Å². The molecule has 0 radical (unpaired) electrons. The largest absolute Gasteiger partial charge is 0.449 e. The first-order chi connectivity index (χ1) is 13.5. The first-order valence-corrected chi connectivity index (χ1v) is 8.74. The van der Waals surface area contributed by atoms with E-state index in [-0.39, 0.29) is 5.56 Å². The molecule has 1 heterocycles. The van der Waals surface area contributed by atoms with Crippen molar-refractivity contribution >= 4 is 28.8 Å². The second-order valence-electron chi connectivity index (χ2n) is 6.01. The zero-order valence-electron chi connectivity index (χ0n) is 15.4. The minimum absolute atomic E-state index is 0.241. The van der Waals surface area contributed by atoms with Crippen LogP contribution >= 0.6 is 0 Å². The second kappa shape index (κ2) is 8.34. The molecule has 0 aliphatic rings. The van der Waals surface area contributed by atoms with Gasteiger partial charge in [0, 0.05) is 12.1 Å². The second-order valence-corrected chi connectivity index (χ2v) is 6.01. The Hall–Kier alpha value is -3.68. The molecule has 3 rings (SSSR count). The van der Waals surface area contributed by atoms with Crippen molar-refractivity contribution in [3.8, 4) is 11.3 Å². The molecule has 0 aliphatic heterocycles. The fourth-order valence-corrected chi connectivity index (χ4v) is 2.57. The van der Waals surface area contributed by atoms with Crippen LogP contribution < -0.4 is 10.6 Å². The first-order valence-electron chi connectivity index (χ1n) is 8.74. The van der Waals surface area contributed by atoms with E-state index in [0.29, 0.717) is 23.2 Å². The Labute approximate surface area is 160 Å². The summed E-state index contributed by atoms with van der Waals surface area (Å²) in [7, 11) is 0. The number of nitrogens with one attached hydrogen (secondary N) is 2. The first kappa shape index (κ1) is 19.1. The third-order valence-corrected chi connectivity index (χ3v) is 3.98. The summed E-state index contributed by atoms with van der Waals surface area (Å²) in [5.74, 6) is -0.872. The van der Waals surface area contributed by atoms with Crippen molar-refractivity contribution in [2.24, 2.45) is 0 Å². The zero-order chi connectivity index (χ0) is 20.1. The van der Waals surface area contributed by atoms with Crippen molar-refractivity contribution in [2.45, 2.75) is 20.0 Å². The Morgan fingerprint density at radius 3 is 2.61 bits per heavy atom. The lowest BCUT2D eigenvalue weighted by Crippen LogP contribution is -2.44. The average molecular weight is 381 g/mol. The van der Waals surface area contributed by atoms with E-state index in [1.165, 1.54) is 13.0 Å². The maximum absolute atomic E-state index is 12.4. The van der Waals surface area contributed by atoms with E-state index in [9.17, 15) is 14.4 Å². The molecule has 0 saturated carbocycles. The molecule has 3 aromatic rings.